The van der Waals surface area contributed by atoms with Gasteiger partial charge in [0.2, 0.25) is 0 Å². The molecule has 0 aromatic heterocycles. The van der Waals surface area contributed by atoms with Crippen LogP contribution in [0.2, 0.25) is 0 Å². The minimum atomic E-state index is -1.47. The van der Waals surface area contributed by atoms with Crippen molar-refractivity contribution in [1.82, 2.24) is 0 Å². The zero-order chi connectivity index (χ0) is 12.7. The van der Waals surface area contributed by atoms with Crippen LogP contribution < -0.4 is 39.4 Å². The monoisotopic (exact) mass is 253 g/mol. The third kappa shape index (κ3) is 5.37. The summed E-state index contributed by atoms with van der Waals surface area (Å²) in [6, 6.07) is 8.39. The zero-order valence-electron chi connectivity index (χ0n) is 10.5. The van der Waals surface area contributed by atoms with Crippen molar-refractivity contribution >= 4 is 12.0 Å². The molecule has 4 nitrogen and oxygen atoms in total. The molecule has 0 heterocycles. The quantitative estimate of drug-likeness (QED) is 0.350. The maximum atomic E-state index is 10.5. The van der Waals surface area contributed by atoms with Crippen LogP contribution in [0.5, 0.6) is 5.75 Å². The van der Waals surface area contributed by atoms with E-state index in [2.05, 4.69) is 0 Å². The van der Waals surface area contributed by atoms with Crippen LogP contribution in [0.15, 0.2) is 29.8 Å². The number of aliphatic carboxylic acids is 1. The van der Waals surface area contributed by atoms with Gasteiger partial charge < -0.3 is 14.6 Å². The number of benzene rings is 1. The van der Waals surface area contributed by atoms with Gasteiger partial charge in [-0.05, 0) is 30.2 Å². The van der Waals surface area contributed by atoms with Gasteiger partial charge in [-0.15, -0.1) is 0 Å². The van der Waals surface area contributed by atoms with E-state index in [4.69, 9.17) is 10.00 Å². The van der Waals surface area contributed by atoms with Crippen LogP contribution >= 0.6 is 0 Å². The Labute approximate surface area is 128 Å². The Morgan fingerprint density at radius 1 is 1.44 bits per heavy atom. The van der Waals surface area contributed by atoms with Gasteiger partial charge in [-0.1, -0.05) is 19.1 Å². The molecule has 0 aliphatic carbocycles. The molecule has 0 N–H and O–H groups in total. The van der Waals surface area contributed by atoms with Gasteiger partial charge in [0, 0.05) is 0 Å². The fourth-order valence-corrected chi connectivity index (χ4v) is 1.18. The third-order valence-corrected chi connectivity index (χ3v) is 2.00. The smallest absolute Gasteiger partial charge is 0.544 e. The molecule has 0 atom stereocenters. The first-order chi connectivity index (χ1) is 8.17. The first-order valence-corrected chi connectivity index (χ1v) is 5.23. The Bertz CT molecular complexity index is 460. The number of carbonyl (C=O) groups is 1. The van der Waals surface area contributed by atoms with Crippen molar-refractivity contribution in [3.05, 3.63) is 35.4 Å². The average molecular weight is 253 g/mol. The molecule has 0 saturated heterocycles. The minimum absolute atomic E-state index is 0. The summed E-state index contributed by atoms with van der Waals surface area (Å²) in [5, 5.41) is 19.1. The molecule has 1 aromatic carbocycles. The topological polar surface area (TPSA) is 73.1 Å². The van der Waals surface area contributed by atoms with Gasteiger partial charge in [-0.2, -0.15) is 5.26 Å². The Balaban J connectivity index is 0.00000289. The van der Waals surface area contributed by atoms with Crippen LogP contribution in [0.4, 0.5) is 0 Å². The molecule has 0 aliphatic rings. The van der Waals surface area contributed by atoms with E-state index in [0.717, 1.165) is 12.2 Å². The van der Waals surface area contributed by atoms with E-state index in [0.29, 0.717) is 12.2 Å². The summed E-state index contributed by atoms with van der Waals surface area (Å²) < 4.78 is 5.37. The molecule has 1 rings (SSSR count). The standard InChI is InChI=1S/C13H13NO3.Na/c1-2-7-17-12-5-3-10(4-6-12)8-11(9-14)13(15)16;/h3-6,8H,2,7H2,1H3,(H,15,16);/q;+1/p-1/b11-8+;. The van der Waals surface area contributed by atoms with E-state index in [1.165, 1.54) is 6.08 Å². The molecule has 1 aromatic rings. The predicted molar refractivity (Wildman–Crippen MR) is 60.8 cm³/mol. The van der Waals surface area contributed by atoms with Crippen LogP contribution in [0.25, 0.3) is 6.08 Å². The van der Waals surface area contributed by atoms with E-state index in [-0.39, 0.29) is 29.6 Å². The molecule has 18 heavy (non-hydrogen) atoms. The third-order valence-electron chi connectivity index (χ3n) is 2.00. The van der Waals surface area contributed by atoms with Gasteiger partial charge >= 0.3 is 29.6 Å². The Morgan fingerprint density at radius 2 is 2.06 bits per heavy atom. The summed E-state index contributed by atoms with van der Waals surface area (Å²) in [5.74, 6) is -0.755. The van der Waals surface area contributed by atoms with Crippen molar-refractivity contribution in [3.63, 3.8) is 0 Å². The van der Waals surface area contributed by atoms with Crippen LogP contribution in [-0.2, 0) is 4.79 Å². The Kier molecular flexibility index (Phi) is 8.14. The van der Waals surface area contributed by atoms with Crippen LogP contribution in [0.1, 0.15) is 18.9 Å². The van der Waals surface area contributed by atoms with Gasteiger partial charge in [0.25, 0.3) is 0 Å². The van der Waals surface area contributed by atoms with Gasteiger partial charge in [0.1, 0.15) is 11.8 Å². The van der Waals surface area contributed by atoms with Gasteiger partial charge in [0.15, 0.2) is 0 Å². The maximum absolute atomic E-state index is 10.5. The zero-order valence-corrected chi connectivity index (χ0v) is 12.5. The number of rotatable bonds is 5. The molecule has 0 spiro atoms. The number of nitriles is 1. The molecule has 0 unspecified atom stereocenters. The molecule has 0 fully saturated rings. The van der Waals surface area contributed by atoms with Crippen molar-refractivity contribution < 1.29 is 44.2 Å². The molecule has 0 radical (unpaired) electrons. The van der Waals surface area contributed by atoms with Crippen molar-refractivity contribution in [2.24, 2.45) is 0 Å². The fourth-order valence-electron chi connectivity index (χ4n) is 1.18. The molecule has 88 valence electrons. The Morgan fingerprint density at radius 3 is 2.50 bits per heavy atom. The molecule has 0 aliphatic heterocycles. The molecule has 5 heteroatoms. The number of carbonyl (C=O) groups excluding carboxylic acids is 1. The molecule has 0 amide bonds. The van der Waals surface area contributed by atoms with Gasteiger partial charge in [0.05, 0.1) is 18.1 Å². The first kappa shape index (κ1) is 16.7. The van der Waals surface area contributed by atoms with E-state index in [1.54, 1.807) is 30.3 Å². The molecule has 0 saturated carbocycles. The summed E-state index contributed by atoms with van der Waals surface area (Å²) in [5.41, 5.74) is 0.224. The van der Waals surface area contributed by atoms with Crippen LogP contribution in [0, 0.1) is 11.3 Å². The SMILES string of the molecule is CCCOc1ccc(/C=C(\C#N)C(=O)[O-])cc1.[Na+]. The first-order valence-electron chi connectivity index (χ1n) is 5.23. The second-order valence-corrected chi connectivity index (χ2v) is 3.37. The predicted octanol–water partition coefficient (Wildman–Crippen LogP) is -1.86. The normalized spacial score (nSPS) is 10.1. The molecular weight excluding hydrogens is 241 g/mol. The maximum Gasteiger partial charge on any atom is 1.00 e. The van der Waals surface area contributed by atoms with E-state index in [9.17, 15) is 9.90 Å². The number of carboxylic acids is 1. The largest absolute Gasteiger partial charge is 1.00 e. The molecule has 0 bridgehead atoms. The van der Waals surface area contributed by atoms with Crippen molar-refractivity contribution in [2.45, 2.75) is 13.3 Å². The minimum Gasteiger partial charge on any atom is -0.544 e. The second kappa shape index (κ2) is 8.76. The summed E-state index contributed by atoms with van der Waals surface area (Å²) in [7, 11) is 0. The van der Waals surface area contributed by atoms with E-state index in [1.807, 2.05) is 6.92 Å². The van der Waals surface area contributed by atoms with Crippen molar-refractivity contribution in [2.75, 3.05) is 6.61 Å². The molecular formula is C13H12NNaO3. The number of carboxylic acid groups (broad SMARTS) is 1. The summed E-state index contributed by atoms with van der Waals surface area (Å²) in [6.45, 7) is 2.65. The van der Waals surface area contributed by atoms with Gasteiger partial charge in [-0.25, -0.2) is 0 Å². The number of hydrogen-bond acceptors (Lipinski definition) is 4. The summed E-state index contributed by atoms with van der Waals surface area (Å²) in [4.78, 5) is 10.5. The average Bonchev–Trinajstić information content (AvgIpc) is 2.34. The number of ether oxygens (including phenoxy) is 1. The number of hydrogen-bond donors (Lipinski definition) is 0. The van der Waals surface area contributed by atoms with E-state index < -0.39 is 11.5 Å². The fraction of sp³-hybridized carbons (Fsp3) is 0.231. The van der Waals surface area contributed by atoms with Crippen LogP contribution in [0.3, 0.4) is 0 Å². The summed E-state index contributed by atoms with van der Waals surface area (Å²) in [6.07, 6.45) is 2.18. The van der Waals surface area contributed by atoms with E-state index >= 15 is 0 Å². The van der Waals surface area contributed by atoms with Crippen LogP contribution in [-0.4, -0.2) is 12.6 Å². The van der Waals surface area contributed by atoms with Gasteiger partial charge in [-0.3, -0.25) is 0 Å². The summed E-state index contributed by atoms with van der Waals surface area (Å²) >= 11 is 0. The van der Waals surface area contributed by atoms with Crippen molar-refractivity contribution in [1.29, 1.82) is 5.26 Å². The number of nitrogens with zero attached hydrogens (tertiary/aromatic N) is 1. The Hall–Kier alpha value is -1.28. The van der Waals surface area contributed by atoms with Crippen molar-refractivity contribution in [3.8, 4) is 11.8 Å². The second-order valence-electron chi connectivity index (χ2n) is 3.37.